The van der Waals surface area contributed by atoms with E-state index >= 15 is 0 Å². The van der Waals surface area contributed by atoms with E-state index in [1.807, 2.05) is 0 Å². The van der Waals surface area contributed by atoms with Gasteiger partial charge in [-0.1, -0.05) is 104 Å². The molecule has 0 aromatic heterocycles. The molecule has 0 aliphatic carbocycles. The Morgan fingerprint density at radius 3 is 1.50 bits per heavy atom. The monoisotopic (exact) mass is 398 g/mol. The SMILES string of the molecule is CCCCCCCCCCCCC(CCCC)CC(C(=O)O)C(=O)O.[Ca+2].[H-].[H-]. The molecule has 0 spiro atoms. The molecule has 1 atom stereocenters. The Balaban J connectivity index is -0.000000960. The number of carbonyl (C=O) groups is 2. The molecule has 0 amide bonds. The van der Waals surface area contributed by atoms with Crippen LogP contribution in [0.4, 0.5) is 0 Å². The fourth-order valence-electron chi connectivity index (χ4n) is 3.43. The van der Waals surface area contributed by atoms with Crippen molar-refractivity contribution in [1.82, 2.24) is 0 Å². The Hall–Kier alpha value is 0.200. The van der Waals surface area contributed by atoms with Gasteiger partial charge in [-0.3, -0.25) is 9.59 Å². The van der Waals surface area contributed by atoms with Crippen LogP contribution in [0, 0.1) is 11.8 Å². The van der Waals surface area contributed by atoms with Crippen molar-refractivity contribution in [1.29, 1.82) is 0 Å². The zero-order valence-corrected chi connectivity index (χ0v) is 19.4. The molecule has 2 N–H and O–H groups in total. The Morgan fingerprint density at radius 1 is 0.692 bits per heavy atom. The Morgan fingerprint density at radius 2 is 1.08 bits per heavy atom. The molecule has 0 aliphatic rings. The molecule has 0 aromatic carbocycles. The molecule has 0 fully saturated rings. The summed E-state index contributed by atoms with van der Waals surface area (Å²) < 4.78 is 0. The van der Waals surface area contributed by atoms with E-state index in [4.69, 9.17) is 10.2 Å². The van der Waals surface area contributed by atoms with Gasteiger partial charge in [0.05, 0.1) is 0 Å². The van der Waals surface area contributed by atoms with Gasteiger partial charge in [0.15, 0.2) is 5.92 Å². The molecular weight excluding hydrogens is 356 g/mol. The van der Waals surface area contributed by atoms with Crippen molar-refractivity contribution >= 4 is 49.7 Å². The van der Waals surface area contributed by atoms with Gasteiger partial charge in [0.1, 0.15) is 0 Å². The normalized spacial score (nSPS) is 12.0. The Labute approximate surface area is 193 Å². The van der Waals surface area contributed by atoms with Gasteiger partial charge in [-0.05, 0) is 12.3 Å². The molecule has 26 heavy (non-hydrogen) atoms. The molecule has 0 aromatic rings. The zero-order chi connectivity index (χ0) is 18.9. The largest absolute Gasteiger partial charge is 2.00 e. The number of aliphatic carboxylic acids is 2. The summed E-state index contributed by atoms with van der Waals surface area (Å²) in [5, 5.41) is 18.2. The van der Waals surface area contributed by atoms with E-state index in [0.29, 0.717) is 0 Å². The van der Waals surface area contributed by atoms with Gasteiger partial charge >= 0.3 is 49.7 Å². The van der Waals surface area contributed by atoms with Gasteiger partial charge in [-0.15, -0.1) is 0 Å². The van der Waals surface area contributed by atoms with E-state index in [9.17, 15) is 9.59 Å². The van der Waals surface area contributed by atoms with E-state index < -0.39 is 17.9 Å². The van der Waals surface area contributed by atoms with E-state index in [1.165, 1.54) is 57.8 Å². The molecule has 4 nitrogen and oxygen atoms in total. The van der Waals surface area contributed by atoms with E-state index in [2.05, 4.69) is 13.8 Å². The molecule has 152 valence electrons. The first-order chi connectivity index (χ1) is 12.0. The minimum absolute atomic E-state index is 0. The summed E-state index contributed by atoms with van der Waals surface area (Å²) in [6.07, 6.45) is 17.2. The summed E-state index contributed by atoms with van der Waals surface area (Å²) in [6, 6.07) is 0. The van der Waals surface area contributed by atoms with E-state index in [-0.39, 0.29) is 52.9 Å². The van der Waals surface area contributed by atoms with E-state index in [1.54, 1.807) is 0 Å². The maximum atomic E-state index is 11.1. The van der Waals surface area contributed by atoms with Crippen molar-refractivity contribution in [3.63, 3.8) is 0 Å². The van der Waals surface area contributed by atoms with Gasteiger partial charge in [0.2, 0.25) is 0 Å². The van der Waals surface area contributed by atoms with Crippen molar-refractivity contribution in [2.75, 3.05) is 0 Å². The van der Waals surface area contributed by atoms with Crippen LogP contribution in [0.2, 0.25) is 0 Å². The molecule has 0 aliphatic heterocycles. The topological polar surface area (TPSA) is 74.6 Å². The van der Waals surface area contributed by atoms with Crippen LogP contribution < -0.4 is 0 Å². The van der Waals surface area contributed by atoms with Crippen LogP contribution in [0.15, 0.2) is 0 Å². The van der Waals surface area contributed by atoms with E-state index in [0.717, 1.165) is 32.1 Å². The summed E-state index contributed by atoms with van der Waals surface area (Å²) in [5.41, 5.74) is 0. The standard InChI is InChI=1S/C21H40O4.Ca.2H/c1-3-5-7-8-9-10-11-12-13-14-16-18(15-6-4-2)17-19(20(22)23)21(24)25;;;/h18-19H,3-17H2,1-2H3,(H,22,23)(H,24,25);;;/q;+2;2*-1. The zero-order valence-electron chi connectivity index (χ0n) is 19.2. The maximum Gasteiger partial charge on any atom is 2.00 e. The second-order valence-corrected chi connectivity index (χ2v) is 7.44. The first-order valence-electron chi connectivity index (χ1n) is 10.5. The number of hydrogen-bond donors (Lipinski definition) is 2. The number of unbranched alkanes of at least 4 members (excludes halogenated alkanes) is 10. The van der Waals surface area contributed by atoms with Crippen molar-refractivity contribution in [3.05, 3.63) is 0 Å². The third-order valence-corrected chi connectivity index (χ3v) is 5.10. The average molecular weight is 399 g/mol. The molecule has 0 radical (unpaired) electrons. The van der Waals surface area contributed by atoms with Gasteiger partial charge in [-0.2, -0.15) is 0 Å². The average Bonchev–Trinajstić information content (AvgIpc) is 2.57. The van der Waals surface area contributed by atoms with Crippen molar-refractivity contribution in [3.8, 4) is 0 Å². The number of carboxylic acid groups (broad SMARTS) is 2. The van der Waals surface area contributed by atoms with Crippen LogP contribution in [0.25, 0.3) is 0 Å². The summed E-state index contributed by atoms with van der Waals surface area (Å²) >= 11 is 0. The predicted molar refractivity (Wildman–Crippen MR) is 111 cm³/mol. The van der Waals surface area contributed by atoms with Gasteiger partial charge in [0, 0.05) is 0 Å². The van der Waals surface area contributed by atoms with Crippen LogP contribution >= 0.6 is 0 Å². The van der Waals surface area contributed by atoms with Crippen LogP contribution in [0.3, 0.4) is 0 Å². The summed E-state index contributed by atoms with van der Waals surface area (Å²) in [7, 11) is 0. The Kier molecular flexibility index (Phi) is 21.8. The number of rotatable bonds is 18. The number of carboxylic acids is 2. The van der Waals surface area contributed by atoms with Crippen molar-refractivity contribution in [2.45, 2.75) is 110 Å². The first kappa shape index (κ1) is 28.4. The van der Waals surface area contributed by atoms with Gasteiger partial charge < -0.3 is 13.1 Å². The predicted octanol–water partition coefficient (Wildman–Crippen LogP) is 6.12. The molecule has 1 unspecified atom stereocenters. The molecule has 0 bridgehead atoms. The fourth-order valence-corrected chi connectivity index (χ4v) is 3.43. The van der Waals surface area contributed by atoms with Crippen LogP contribution in [-0.2, 0) is 9.59 Å². The van der Waals surface area contributed by atoms with Crippen molar-refractivity contribution in [2.24, 2.45) is 11.8 Å². The number of hydrogen-bond acceptors (Lipinski definition) is 2. The van der Waals surface area contributed by atoms with Crippen LogP contribution in [0.1, 0.15) is 113 Å². The van der Waals surface area contributed by atoms with Gasteiger partial charge in [-0.25, -0.2) is 0 Å². The van der Waals surface area contributed by atoms with Crippen LogP contribution in [0.5, 0.6) is 0 Å². The maximum absolute atomic E-state index is 11.1. The fraction of sp³-hybridized carbons (Fsp3) is 0.905. The van der Waals surface area contributed by atoms with Crippen LogP contribution in [-0.4, -0.2) is 59.9 Å². The van der Waals surface area contributed by atoms with Gasteiger partial charge in [0.25, 0.3) is 0 Å². The third-order valence-electron chi connectivity index (χ3n) is 5.10. The molecule has 0 saturated heterocycles. The summed E-state index contributed by atoms with van der Waals surface area (Å²) in [6.45, 7) is 4.35. The summed E-state index contributed by atoms with van der Waals surface area (Å²) in [5.74, 6) is -3.41. The van der Waals surface area contributed by atoms with Crippen molar-refractivity contribution < 1.29 is 22.7 Å². The molecule has 0 heterocycles. The third kappa shape index (κ3) is 16.4. The Bertz CT molecular complexity index is 343. The molecule has 5 heteroatoms. The smallest absolute Gasteiger partial charge is 1.00 e. The molecule has 0 rings (SSSR count). The molecular formula is C21H42CaO4. The molecule has 0 saturated carbocycles. The second-order valence-electron chi connectivity index (χ2n) is 7.44. The first-order valence-corrected chi connectivity index (χ1v) is 10.5. The quantitative estimate of drug-likeness (QED) is 0.166. The minimum atomic E-state index is -1.25. The second kappa shape index (κ2) is 19.9. The minimum Gasteiger partial charge on any atom is -1.00 e. The summed E-state index contributed by atoms with van der Waals surface area (Å²) in [4.78, 5) is 22.2.